The van der Waals surface area contributed by atoms with Crippen LogP contribution in [0.2, 0.25) is 0 Å². The highest BCUT2D eigenvalue weighted by Gasteiger charge is 2.17. The Morgan fingerprint density at radius 3 is 2.42 bits per heavy atom. The minimum Gasteiger partial charge on any atom is -0.496 e. The Morgan fingerprint density at radius 1 is 1.08 bits per heavy atom. The lowest BCUT2D eigenvalue weighted by atomic mass is 10.1. The number of carbonyl (C=O) groups excluding carboxylic acids is 1. The van der Waals surface area contributed by atoms with Gasteiger partial charge in [-0.1, -0.05) is 6.07 Å². The van der Waals surface area contributed by atoms with Crippen LogP contribution in [-0.4, -0.2) is 22.8 Å². The molecular formula is C20H20FN3O2. The molecule has 0 unspecified atom stereocenters. The lowest BCUT2D eigenvalue weighted by Crippen LogP contribution is -2.16. The van der Waals surface area contributed by atoms with Gasteiger partial charge in [0.25, 0.3) is 5.91 Å². The Balaban J connectivity index is 1.99. The fourth-order valence-corrected chi connectivity index (χ4v) is 2.90. The molecule has 134 valence electrons. The van der Waals surface area contributed by atoms with Crippen LogP contribution in [0.5, 0.6) is 5.75 Å². The first-order valence-electron chi connectivity index (χ1n) is 8.17. The molecule has 6 heteroatoms. The fraction of sp³-hybridized carbons (Fsp3) is 0.200. The van der Waals surface area contributed by atoms with Gasteiger partial charge in [0.05, 0.1) is 24.1 Å². The Kier molecular flexibility index (Phi) is 4.75. The summed E-state index contributed by atoms with van der Waals surface area (Å²) in [6.07, 6.45) is 0. The summed E-state index contributed by atoms with van der Waals surface area (Å²) >= 11 is 0. The molecule has 0 aliphatic carbocycles. The van der Waals surface area contributed by atoms with Crippen molar-refractivity contribution < 1.29 is 13.9 Å². The number of aryl methyl sites for hydroxylation is 3. The van der Waals surface area contributed by atoms with Gasteiger partial charge in [0.2, 0.25) is 0 Å². The van der Waals surface area contributed by atoms with E-state index in [2.05, 4.69) is 16.5 Å². The predicted molar refractivity (Wildman–Crippen MR) is 98.7 cm³/mol. The van der Waals surface area contributed by atoms with E-state index in [-0.39, 0.29) is 5.56 Å². The van der Waals surface area contributed by atoms with Gasteiger partial charge in [-0.05, 0) is 62.2 Å². The molecule has 0 atom stereocenters. The molecule has 1 aromatic heterocycles. The molecule has 0 spiro atoms. The number of halogens is 1. The number of nitrogens with one attached hydrogen (secondary N) is 1. The van der Waals surface area contributed by atoms with Crippen molar-refractivity contribution in [3.05, 3.63) is 70.7 Å². The normalized spacial score (nSPS) is 10.7. The monoisotopic (exact) mass is 353 g/mol. The van der Waals surface area contributed by atoms with Gasteiger partial charge in [-0.2, -0.15) is 5.10 Å². The van der Waals surface area contributed by atoms with Crippen molar-refractivity contribution in [2.24, 2.45) is 0 Å². The first-order chi connectivity index (χ1) is 12.4. The lowest BCUT2D eigenvalue weighted by Gasteiger charge is -2.12. The van der Waals surface area contributed by atoms with Crippen LogP contribution in [0, 0.1) is 26.6 Å². The van der Waals surface area contributed by atoms with E-state index in [9.17, 15) is 9.18 Å². The molecule has 0 saturated carbocycles. The lowest BCUT2D eigenvalue weighted by molar-refractivity contribution is 0.102. The molecule has 0 aliphatic heterocycles. The van der Waals surface area contributed by atoms with Crippen LogP contribution in [0.15, 0.2) is 42.5 Å². The van der Waals surface area contributed by atoms with Gasteiger partial charge in [-0.25, -0.2) is 9.07 Å². The van der Waals surface area contributed by atoms with Gasteiger partial charge in [0.1, 0.15) is 17.4 Å². The van der Waals surface area contributed by atoms with Crippen LogP contribution < -0.4 is 10.1 Å². The molecule has 3 rings (SSSR count). The van der Waals surface area contributed by atoms with E-state index in [1.54, 1.807) is 10.7 Å². The maximum atomic E-state index is 13.6. The molecule has 26 heavy (non-hydrogen) atoms. The number of anilines is 1. The van der Waals surface area contributed by atoms with Gasteiger partial charge in [-0.15, -0.1) is 0 Å². The molecule has 0 bridgehead atoms. The predicted octanol–water partition coefficient (Wildman–Crippen LogP) is 4.20. The highest BCUT2D eigenvalue weighted by molar-refractivity contribution is 6.06. The van der Waals surface area contributed by atoms with Gasteiger partial charge in [0, 0.05) is 6.07 Å². The second kappa shape index (κ2) is 7.00. The Hall–Kier alpha value is -3.15. The zero-order valence-corrected chi connectivity index (χ0v) is 15.1. The molecule has 3 aromatic rings. The number of carbonyl (C=O) groups is 1. The van der Waals surface area contributed by atoms with Gasteiger partial charge in [0.15, 0.2) is 0 Å². The van der Waals surface area contributed by atoms with Crippen LogP contribution in [-0.2, 0) is 0 Å². The number of hydrogen-bond donors (Lipinski definition) is 1. The minimum atomic E-state index is -0.505. The quantitative estimate of drug-likeness (QED) is 0.765. The summed E-state index contributed by atoms with van der Waals surface area (Å²) in [4.78, 5) is 12.7. The SMILES string of the molecule is COc1ccc(F)cc1C(=O)Nc1cc(C)nn1-c1cc(C)cc(C)c1. The van der Waals surface area contributed by atoms with Crippen LogP contribution in [0.3, 0.4) is 0 Å². The maximum absolute atomic E-state index is 13.6. The van der Waals surface area contributed by atoms with E-state index in [1.807, 2.05) is 32.9 Å². The van der Waals surface area contributed by atoms with Crippen molar-refractivity contribution >= 4 is 11.7 Å². The summed E-state index contributed by atoms with van der Waals surface area (Å²) < 4.78 is 20.4. The molecule has 0 aliphatic rings. The third-order valence-corrected chi connectivity index (χ3v) is 3.93. The summed E-state index contributed by atoms with van der Waals surface area (Å²) in [6.45, 7) is 5.85. The average Bonchev–Trinajstić information content (AvgIpc) is 2.94. The number of nitrogens with zero attached hydrogens (tertiary/aromatic N) is 2. The zero-order valence-electron chi connectivity index (χ0n) is 15.1. The minimum absolute atomic E-state index is 0.123. The summed E-state index contributed by atoms with van der Waals surface area (Å²) in [5.74, 6) is -0.163. The Bertz CT molecular complexity index is 959. The van der Waals surface area contributed by atoms with Crippen LogP contribution >= 0.6 is 0 Å². The van der Waals surface area contributed by atoms with Crippen LogP contribution in [0.25, 0.3) is 5.69 Å². The fourth-order valence-electron chi connectivity index (χ4n) is 2.90. The van der Waals surface area contributed by atoms with E-state index in [0.717, 1.165) is 28.6 Å². The number of benzene rings is 2. The second-order valence-electron chi connectivity index (χ2n) is 6.23. The van der Waals surface area contributed by atoms with Crippen molar-refractivity contribution in [2.75, 3.05) is 12.4 Å². The largest absolute Gasteiger partial charge is 0.496 e. The van der Waals surface area contributed by atoms with Gasteiger partial charge >= 0.3 is 0 Å². The summed E-state index contributed by atoms with van der Waals surface area (Å²) in [6, 6.07) is 11.6. The van der Waals surface area contributed by atoms with Gasteiger partial charge in [-0.3, -0.25) is 4.79 Å². The smallest absolute Gasteiger partial charge is 0.260 e. The zero-order chi connectivity index (χ0) is 18.8. The number of aromatic nitrogens is 2. The number of hydrogen-bond acceptors (Lipinski definition) is 3. The highest BCUT2D eigenvalue weighted by Crippen LogP contribution is 2.23. The van der Waals surface area contributed by atoms with Crippen LogP contribution in [0.4, 0.5) is 10.2 Å². The second-order valence-corrected chi connectivity index (χ2v) is 6.23. The number of ether oxygens (including phenoxy) is 1. The molecule has 1 N–H and O–H groups in total. The van der Waals surface area contributed by atoms with E-state index in [1.165, 1.54) is 19.2 Å². The molecular weight excluding hydrogens is 333 g/mol. The highest BCUT2D eigenvalue weighted by atomic mass is 19.1. The van der Waals surface area contributed by atoms with E-state index in [4.69, 9.17) is 4.74 Å². The summed E-state index contributed by atoms with van der Waals surface area (Å²) in [7, 11) is 1.44. The van der Waals surface area contributed by atoms with E-state index < -0.39 is 11.7 Å². The van der Waals surface area contributed by atoms with Crippen molar-refractivity contribution in [3.8, 4) is 11.4 Å². The van der Waals surface area contributed by atoms with Crippen LogP contribution in [0.1, 0.15) is 27.2 Å². The molecule has 2 aromatic carbocycles. The molecule has 5 nitrogen and oxygen atoms in total. The molecule has 0 saturated heterocycles. The maximum Gasteiger partial charge on any atom is 0.260 e. The first kappa shape index (κ1) is 17.7. The number of amides is 1. The Morgan fingerprint density at radius 2 is 1.77 bits per heavy atom. The van der Waals surface area contributed by atoms with E-state index in [0.29, 0.717) is 11.6 Å². The van der Waals surface area contributed by atoms with Crippen molar-refractivity contribution in [1.29, 1.82) is 0 Å². The third-order valence-electron chi connectivity index (χ3n) is 3.93. The molecule has 1 amide bonds. The number of rotatable bonds is 4. The van der Waals surface area contributed by atoms with Gasteiger partial charge < -0.3 is 10.1 Å². The first-order valence-corrected chi connectivity index (χ1v) is 8.17. The molecule has 0 fully saturated rings. The van der Waals surface area contributed by atoms with Crippen molar-refractivity contribution in [3.63, 3.8) is 0 Å². The summed E-state index contributed by atoms with van der Waals surface area (Å²) in [5.41, 5.74) is 3.91. The van der Waals surface area contributed by atoms with E-state index >= 15 is 0 Å². The number of methoxy groups -OCH3 is 1. The Labute approximate surface area is 151 Å². The topological polar surface area (TPSA) is 56.1 Å². The molecule has 1 heterocycles. The third kappa shape index (κ3) is 3.59. The van der Waals surface area contributed by atoms with Crippen molar-refractivity contribution in [2.45, 2.75) is 20.8 Å². The average molecular weight is 353 g/mol. The summed E-state index contributed by atoms with van der Waals surface area (Å²) in [5, 5.41) is 7.27. The van der Waals surface area contributed by atoms with Crippen molar-refractivity contribution in [1.82, 2.24) is 9.78 Å². The molecule has 0 radical (unpaired) electrons. The standard InChI is InChI=1S/C20H20FN3O2/c1-12-7-13(2)9-16(8-12)24-19(10-14(3)23-24)22-20(25)17-11-15(21)5-6-18(17)26-4/h5-11H,1-4H3,(H,22,25).